The minimum Gasteiger partial charge on any atom is -0.481 e. The van der Waals surface area contributed by atoms with Crippen LogP contribution < -0.4 is 4.90 Å². The number of benzene rings is 1. The summed E-state index contributed by atoms with van der Waals surface area (Å²) in [5.74, 6) is -1.36. The summed E-state index contributed by atoms with van der Waals surface area (Å²) in [5, 5.41) is 9.04. The highest BCUT2D eigenvalue weighted by atomic mass is 32.2. The fraction of sp³-hybridized carbons (Fsp3) is 0.533. The largest absolute Gasteiger partial charge is 0.481 e. The predicted octanol–water partition coefficient (Wildman–Crippen LogP) is 2.42. The molecule has 1 aromatic carbocycles. The Hall–Kier alpha value is -1.56. The number of carboxylic acids is 1. The van der Waals surface area contributed by atoms with Crippen molar-refractivity contribution in [1.29, 1.82) is 0 Å². The second-order valence-electron chi connectivity index (χ2n) is 5.06. The number of carbonyl (C=O) groups is 1. The minimum atomic E-state index is -3.34. The zero-order valence-corrected chi connectivity index (χ0v) is 13.6. The van der Waals surface area contributed by atoms with Gasteiger partial charge in [-0.25, -0.2) is 8.42 Å². The number of hydrogen-bond donors (Lipinski definition) is 1. The number of sulfone groups is 1. The molecule has 1 atom stereocenters. The second-order valence-corrected chi connectivity index (χ2v) is 7.14. The monoisotopic (exact) mass is 313 g/mol. The fourth-order valence-corrected chi connectivity index (χ4v) is 3.73. The molecule has 0 bridgehead atoms. The van der Waals surface area contributed by atoms with Gasteiger partial charge in [-0.15, -0.1) is 0 Å². The lowest BCUT2D eigenvalue weighted by Crippen LogP contribution is -2.32. The van der Waals surface area contributed by atoms with Gasteiger partial charge in [-0.2, -0.15) is 0 Å². The van der Waals surface area contributed by atoms with Gasteiger partial charge in [-0.3, -0.25) is 4.79 Å². The smallest absolute Gasteiger partial charge is 0.308 e. The Kier molecular flexibility index (Phi) is 6.20. The van der Waals surface area contributed by atoms with Crippen molar-refractivity contribution in [3.05, 3.63) is 24.3 Å². The summed E-state index contributed by atoms with van der Waals surface area (Å²) in [7, 11) is -3.34. The van der Waals surface area contributed by atoms with Crippen LogP contribution in [0.5, 0.6) is 0 Å². The Morgan fingerprint density at radius 1 is 1.29 bits per heavy atom. The van der Waals surface area contributed by atoms with Crippen molar-refractivity contribution in [2.24, 2.45) is 5.92 Å². The Labute approximate surface area is 126 Å². The molecule has 0 saturated carbocycles. The van der Waals surface area contributed by atoms with Gasteiger partial charge in [-0.1, -0.05) is 26.0 Å². The zero-order valence-electron chi connectivity index (χ0n) is 12.7. The molecule has 1 N–H and O–H groups in total. The van der Waals surface area contributed by atoms with E-state index in [0.717, 1.165) is 0 Å². The topological polar surface area (TPSA) is 74.7 Å². The molecule has 21 heavy (non-hydrogen) atoms. The molecular formula is C15H23NO4S. The van der Waals surface area contributed by atoms with E-state index in [1.165, 1.54) is 0 Å². The van der Waals surface area contributed by atoms with E-state index in [0.29, 0.717) is 18.7 Å². The van der Waals surface area contributed by atoms with Gasteiger partial charge in [0.25, 0.3) is 0 Å². The number of carboxylic acid groups (broad SMARTS) is 1. The summed E-state index contributed by atoms with van der Waals surface area (Å²) in [6.07, 6.45) is 0.550. The Bertz CT molecular complexity index is 583. The maximum Gasteiger partial charge on any atom is 0.308 e. The number of nitrogens with zero attached hydrogens (tertiary/aromatic N) is 1. The molecule has 0 fully saturated rings. The Morgan fingerprint density at radius 2 is 1.90 bits per heavy atom. The first-order valence-electron chi connectivity index (χ1n) is 7.13. The van der Waals surface area contributed by atoms with Crippen LogP contribution in [-0.4, -0.2) is 38.3 Å². The van der Waals surface area contributed by atoms with E-state index in [-0.39, 0.29) is 17.2 Å². The van der Waals surface area contributed by atoms with E-state index in [9.17, 15) is 13.2 Å². The van der Waals surface area contributed by atoms with Gasteiger partial charge < -0.3 is 10.0 Å². The van der Waals surface area contributed by atoms with Crippen molar-refractivity contribution in [2.45, 2.75) is 32.1 Å². The quantitative estimate of drug-likeness (QED) is 0.798. The van der Waals surface area contributed by atoms with Crippen molar-refractivity contribution >= 4 is 21.5 Å². The molecule has 6 heteroatoms. The average molecular weight is 313 g/mol. The summed E-state index contributed by atoms with van der Waals surface area (Å²) in [5.41, 5.74) is 0.585. The molecule has 0 spiro atoms. The summed E-state index contributed by atoms with van der Waals surface area (Å²) < 4.78 is 24.7. The van der Waals surface area contributed by atoms with Crippen molar-refractivity contribution in [1.82, 2.24) is 0 Å². The third-order valence-electron chi connectivity index (χ3n) is 3.31. The van der Waals surface area contributed by atoms with Crippen LogP contribution in [0, 0.1) is 5.92 Å². The third-order valence-corrected chi connectivity index (χ3v) is 5.27. The van der Waals surface area contributed by atoms with Crippen LogP contribution in [0.3, 0.4) is 0 Å². The number of rotatable bonds is 8. The van der Waals surface area contributed by atoms with Crippen molar-refractivity contribution < 1.29 is 18.3 Å². The average Bonchev–Trinajstić information content (AvgIpc) is 2.44. The number of para-hydroxylation sites is 1. The highest BCUT2D eigenvalue weighted by Gasteiger charge is 2.22. The van der Waals surface area contributed by atoms with Crippen LogP contribution in [0.2, 0.25) is 0 Å². The molecule has 0 aliphatic rings. The SMILES string of the molecule is CCCS(=O)(=O)c1ccccc1N(CC)CC(C)C(=O)O. The van der Waals surface area contributed by atoms with Gasteiger partial charge in [0.05, 0.1) is 22.3 Å². The van der Waals surface area contributed by atoms with Crippen molar-refractivity contribution in [3.8, 4) is 0 Å². The normalized spacial score (nSPS) is 12.9. The van der Waals surface area contributed by atoms with E-state index in [4.69, 9.17) is 5.11 Å². The van der Waals surface area contributed by atoms with Gasteiger partial charge in [-0.05, 0) is 25.5 Å². The summed E-state index contributed by atoms with van der Waals surface area (Å²) in [4.78, 5) is 13.1. The van der Waals surface area contributed by atoms with Crippen LogP contribution in [-0.2, 0) is 14.6 Å². The summed E-state index contributed by atoms with van der Waals surface area (Å²) in [6, 6.07) is 6.80. The molecule has 0 aliphatic heterocycles. The Balaban J connectivity index is 3.19. The summed E-state index contributed by atoms with van der Waals surface area (Å²) in [6.45, 7) is 6.16. The highest BCUT2D eigenvalue weighted by Crippen LogP contribution is 2.27. The number of aliphatic carboxylic acids is 1. The molecule has 1 rings (SSSR count). The maximum atomic E-state index is 12.4. The molecule has 118 valence electrons. The molecule has 1 aromatic rings. The number of hydrogen-bond acceptors (Lipinski definition) is 4. The summed E-state index contributed by atoms with van der Waals surface area (Å²) >= 11 is 0. The fourth-order valence-electron chi connectivity index (χ4n) is 2.17. The number of anilines is 1. The van der Waals surface area contributed by atoms with Gasteiger partial charge >= 0.3 is 5.97 Å². The van der Waals surface area contributed by atoms with Gasteiger partial charge in [0.15, 0.2) is 9.84 Å². The van der Waals surface area contributed by atoms with E-state index in [2.05, 4.69) is 0 Å². The molecule has 0 aromatic heterocycles. The van der Waals surface area contributed by atoms with Crippen molar-refractivity contribution in [3.63, 3.8) is 0 Å². The lowest BCUT2D eigenvalue weighted by Gasteiger charge is -2.27. The van der Waals surface area contributed by atoms with Gasteiger partial charge in [0.2, 0.25) is 0 Å². The molecule has 0 aliphatic carbocycles. The predicted molar refractivity (Wildman–Crippen MR) is 83.5 cm³/mol. The molecule has 5 nitrogen and oxygen atoms in total. The third kappa shape index (κ3) is 4.46. The molecule has 0 saturated heterocycles. The molecular weight excluding hydrogens is 290 g/mol. The van der Waals surface area contributed by atoms with E-state index in [1.54, 1.807) is 36.1 Å². The lowest BCUT2D eigenvalue weighted by molar-refractivity contribution is -0.140. The zero-order chi connectivity index (χ0) is 16.0. The maximum absolute atomic E-state index is 12.4. The second kappa shape index (κ2) is 7.45. The highest BCUT2D eigenvalue weighted by molar-refractivity contribution is 7.91. The first-order chi connectivity index (χ1) is 9.83. The molecule has 0 heterocycles. The molecule has 1 unspecified atom stereocenters. The van der Waals surface area contributed by atoms with Crippen LogP contribution in [0.1, 0.15) is 27.2 Å². The van der Waals surface area contributed by atoms with Crippen LogP contribution in [0.15, 0.2) is 29.2 Å². The molecule has 0 amide bonds. The van der Waals surface area contributed by atoms with E-state index < -0.39 is 21.7 Å². The van der Waals surface area contributed by atoms with E-state index >= 15 is 0 Å². The first-order valence-corrected chi connectivity index (χ1v) is 8.78. The van der Waals surface area contributed by atoms with Gasteiger partial charge in [0.1, 0.15) is 0 Å². The first kappa shape index (κ1) is 17.5. The lowest BCUT2D eigenvalue weighted by atomic mass is 10.1. The van der Waals surface area contributed by atoms with Crippen molar-refractivity contribution in [2.75, 3.05) is 23.7 Å². The van der Waals surface area contributed by atoms with Gasteiger partial charge in [0, 0.05) is 13.1 Å². The van der Waals surface area contributed by atoms with E-state index in [1.807, 2.05) is 13.8 Å². The molecule has 0 radical (unpaired) electrons. The Morgan fingerprint density at radius 3 is 2.43 bits per heavy atom. The minimum absolute atomic E-state index is 0.0933. The van der Waals surface area contributed by atoms with Crippen LogP contribution >= 0.6 is 0 Å². The standard InChI is InChI=1S/C15H23NO4S/c1-4-10-21(19,20)14-9-7-6-8-13(14)16(5-2)11-12(3)15(17)18/h6-9,12H,4-5,10-11H2,1-3H3,(H,17,18). The van der Waals surface area contributed by atoms with Crippen LogP contribution in [0.4, 0.5) is 5.69 Å². The van der Waals surface area contributed by atoms with Crippen LogP contribution in [0.25, 0.3) is 0 Å².